The number of amides is 3. The van der Waals surface area contributed by atoms with E-state index in [1.807, 2.05) is 24.3 Å². The second kappa shape index (κ2) is 4.00. The molecule has 3 amide bonds. The first-order valence-electron chi connectivity index (χ1n) is 8.17. The van der Waals surface area contributed by atoms with Crippen molar-refractivity contribution in [3.63, 3.8) is 0 Å². The fourth-order valence-corrected chi connectivity index (χ4v) is 5.56. The highest BCUT2D eigenvalue weighted by atomic mass is 16.2. The Morgan fingerprint density at radius 1 is 1.22 bits per heavy atom. The van der Waals surface area contributed by atoms with Crippen LogP contribution >= 0.6 is 0 Å². The van der Waals surface area contributed by atoms with E-state index in [1.54, 1.807) is 7.05 Å². The van der Waals surface area contributed by atoms with E-state index < -0.39 is 11.5 Å². The lowest BCUT2D eigenvalue weighted by Crippen LogP contribution is -3.19. The van der Waals surface area contributed by atoms with Crippen molar-refractivity contribution in [2.45, 2.75) is 24.4 Å². The average molecular weight is 312 g/mol. The van der Waals surface area contributed by atoms with E-state index in [9.17, 15) is 14.4 Å². The van der Waals surface area contributed by atoms with Crippen LogP contribution in [0, 0.1) is 11.8 Å². The molecule has 6 heteroatoms. The van der Waals surface area contributed by atoms with Crippen LogP contribution in [0.3, 0.4) is 0 Å². The second-order valence-electron chi connectivity index (χ2n) is 7.07. The van der Waals surface area contributed by atoms with Gasteiger partial charge in [0.05, 0.1) is 12.2 Å². The fraction of sp³-hybridized carbons (Fsp3) is 0.471. The molecule has 0 aliphatic carbocycles. The standard InChI is InChI=1S/C17H17N3O3/c1-19-14(21)12-11-7-4-8-20(11)17(13(12)15(19)22)9-5-2-3-6-10(9)18-16(17)23/h2-3,5-6,11-13H,4,7-8H2,1H3,(H,18,23)/p+1/t11-,12-,13+,17-/m1/s1. The molecule has 118 valence electrons. The fourth-order valence-electron chi connectivity index (χ4n) is 5.56. The average Bonchev–Trinajstić information content (AvgIpc) is 3.23. The maximum Gasteiger partial charge on any atom is 0.291 e. The molecule has 0 saturated carbocycles. The van der Waals surface area contributed by atoms with E-state index >= 15 is 0 Å². The summed E-state index contributed by atoms with van der Waals surface area (Å²) in [7, 11) is 1.55. The summed E-state index contributed by atoms with van der Waals surface area (Å²) in [4.78, 5) is 41.0. The molecule has 1 aromatic carbocycles. The van der Waals surface area contributed by atoms with Gasteiger partial charge in [-0.1, -0.05) is 18.2 Å². The summed E-state index contributed by atoms with van der Waals surface area (Å²) in [5.74, 6) is -1.36. The molecular weight excluding hydrogens is 294 g/mol. The molecule has 0 bridgehead atoms. The molecule has 5 rings (SSSR count). The van der Waals surface area contributed by atoms with Crippen molar-refractivity contribution >= 4 is 23.4 Å². The number of benzene rings is 1. The molecule has 3 saturated heterocycles. The highest BCUT2D eigenvalue weighted by Crippen LogP contribution is 2.51. The van der Waals surface area contributed by atoms with Gasteiger partial charge in [-0.15, -0.1) is 0 Å². The third-order valence-electron chi connectivity index (χ3n) is 6.35. The molecule has 2 N–H and O–H groups in total. The number of carbonyl (C=O) groups excluding carboxylic acids is 3. The lowest BCUT2D eigenvalue weighted by molar-refractivity contribution is -0.948. The quantitative estimate of drug-likeness (QED) is 0.612. The van der Waals surface area contributed by atoms with Crippen LogP contribution in [-0.2, 0) is 19.9 Å². The zero-order chi connectivity index (χ0) is 15.9. The largest absolute Gasteiger partial charge is 0.320 e. The third-order valence-corrected chi connectivity index (χ3v) is 6.35. The van der Waals surface area contributed by atoms with Crippen LogP contribution in [0.15, 0.2) is 24.3 Å². The maximum absolute atomic E-state index is 13.1. The smallest absolute Gasteiger partial charge is 0.291 e. The Kier molecular flexibility index (Phi) is 2.30. The van der Waals surface area contributed by atoms with E-state index in [2.05, 4.69) is 5.32 Å². The molecule has 1 unspecified atom stereocenters. The number of fused-ring (bicyclic) bond motifs is 7. The Balaban J connectivity index is 1.80. The van der Waals surface area contributed by atoms with Crippen LogP contribution in [0.4, 0.5) is 5.69 Å². The second-order valence-corrected chi connectivity index (χ2v) is 7.07. The number of likely N-dealkylation sites (tertiary alicyclic amines) is 1. The summed E-state index contributed by atoms with van der Waals surface area (Å²) in [6.07, 6.45) is 1.89. The number of nitrogens with zero attached hydrogens (tertiary/aromatic N) is 1. The van der Waals surface area contributed by atoms with Gasteiger partial charge in [0, 0.05) is 25.5 Å². The summed E-state index contributed by atoms with van der Waals surface area (Å²) in [5.41, 5.74) is 0.738. The molecule has 4 aliphatic rings. The minimum absolute atomic E-state index is 0.0679. The number of rotatable bonds is 0. The summed E-state index contributed by atoms with van der Waals surface area (Å²) in [6.45, 7) is 0.837. The summed E-state index contributed by atoms with van der Waals surface area (Å²) < 4.78 is 0. The lowest BCUT2D eigenvalue weighted by atomic mass is 9.75. The third kappa shape index (κ3) is 1.25. The van der Waals surface area contributed by atoms with E-state index in [0.29, 0.717) is 0 Å². The van der Waals surface area contributed by atoms with Crippen molar-refractivity contribution in [3.8, 4) is 0 Å². The van der Waals surface area contributed by atoms with Crippen LogP contribution in [-0.4, -0.2) is 42.3 Å². The van der Waals surface area contributed by atoms with Crippen molar-refractivity contribution in [2.75, 3.05) is 18.9 Å². The van der Waals surface area contributed by atoms with Crippen LogP contribution in [0.5, 0.6) is 0 Å². The van der Waals surface area contributed by atoms with Gasteiger partial charge in [0.15, 0.2) is 0 Å². The predicted octanol–water partition coefficient (Wildman–Crippen LogP) is -0.874. The number of para-hydroxylation sites is 1. The van der Waals surface area contributed by atoms with Gasteiger partial charge in [-0.25, -0.2) is 0 Å². The molecule has 4 aliphatic heterocycles. The lowest BCUT2D eigenvalue weighted by Gasteiger charge is -2.33. The molecule has 0 radical (unpaired) electrons. The zero-order valence-electron chi connectivity index (χ0n) is 12.8. The van der Waals surface area contributed by atoms with Crippen LogP contribution < -0.4 is 10.2 Å². The summed E-state index contributed by atoms with van der Waals surface area (Å²) >= 11 is 0. The van der Waals surface area contributed by atoms with Crippen molar-refractivity contribution < 1.29 is 19.3 Å². The van der Waals surface area contributed by atoms with Crippen molar-refractivity contribution in [3.05, 3.63) is 29.8 Å². The van der Waals surface area contributed by atoms with E-state index in [4.69, 9.17) is 0 Å². The number of hydrogen-bond donors (Lipinski definition) is 2. The summed E-state index contributed by atoms with van der Waals surface area (Å²) in [6, 6.07) is 7.68. The Bertz CT molecular complexity index is 776. The molecule has 23 heavy (non-hydrogen) atoms. The minimum Gasteiger partial charge on any atom is -0.320 e. The SMILES string of the molecule is CN1C(=O)[C@@H]2[C@H]3CCC[NH+]3[C@@]3(C(=O)Nc4ccccc43)[C@@H]2C1=O. The molecule has 1 spiro atoms. The first-order valence-corrected chi connectivity index (χ1v) is 8.17. The maximum atomic E-state index is 13.1. The number of hydrogen-bond acceptors (Lipinski definition) is 3. The van der Waals surface area contributed by atoms with Gasteiger partial charge in [-0.3, -0.25) is 19.3 Å². The van der Waals surface area contributed by atoms with E-state index in [-0.39, 0.29) is 29.7 Å². The molecule has 6 nitrogen and oxygen atoms in total. The van der Waals surface area contributed by atoms with Gasteiger partial charge in [0.25, 0.3) is 5.91 Å². The zero-order valence-corrected chi connectivity index (χ0v) is 12.8. The number of nitrogens with one attached hydrogen (secondary N) is 2. The topological polar surface area (TPSA) is 70.9 Å². The molecule has 4 heterocycles. The number of imide groups is 1. The van der Waals surface area contributed by atoms with Crippen LogP contribution in [0.25, 0.3) is 0 Å². The highest BCUT2D eigenvalue weighted by molar-refractivity contribution is 6.13. The Hall–Kier alpha value is -2.21. The van der Waals surface area contributed by atoms with Gasteiger partial charge < -0.3 is 10.2 Å². The number of anilines is 1. The van der Waals surface area contributed by atoms with Crippen molar-refractivity contribution in [1.29, 1.82) is 0 Å². The monoisotopic (exact) mass is 312 g/mol. The Morgan fingerprint density at radius 2 is 2.00 bits per heavy atom. The van der Waals surface area contributed by atoms with Crippen LogP contribution in [0.1, 0.15) is 18.4 Å². The molecule has 5 atom stereocenters. The van der Waals surface area contributed by atoms with Crippen molar-refractivity contribution in [2.24, 2.45) is 11.8 Å². The van der Waals surface area contributed by atoms with Gasteiger partial charge in [-0.05, 0) is 6.07 Å². The Morgan fingerprint density at radius 3 is 2.83 bits per heavy atom. The van der Waals surface area contributed by atoms with Gasteiger partial charge >= 0.3 is 0 Å². The molecule has 0 aromatic heterocycles. The van der Waals surface area contributed by atoms with E-state index in [0.717, 1.165) is 35.5 Å². The summed E-state index contributed by atoms with van der Waals surface area (Å²) in [5, 5.41) is 2.96. The van der Waals surface area contributed by atoms with Gasteiger partial charge in [0.1, 0.15) is 17.9 Å². The van der Waals surface area contributed by atoms with Crippen molar-refractivity contribution in [1.82, 2.24) is 4.90 Å². The first-order chi connectivity index (χ1) is 11.1. The van der Waals surface area contributed by atoms with Gasteiger partial charge in [-0.2, -0.15) is 0 Å². The highest BCUT2D eigenvalue weighted by Gasteiger charge is 2.77. The Labute approximate surface area is 133 Å². The normalized spacial score (nSPS) is 40.6. The number of carbonyl (C=O) groups is 3. The molecular formula is C17H18N3O3+. The molecule has 1 aromatic rings. The first kappa shape index (κ1) is 13.2. The predicted molar refractivity (Wildman–Crippen MR) is 80.4 cm³/mol. The van der Waals surface area contributed by atoms with Crippen LogP contribution in [0.2, 0.25) is 0 Å². The van der Waals surface area contributed by atoms with Gasteiger partial charge in [0.2, 0.25) is 17.4 Å². The minimum atomic E-state index is -0.931. The van der Waals surface area contributed by atoms with E-state index in [1.165, 1.54) is 4.90 Å². The number of quaternary nitrogens is 1. The molecule has 3 fully saturated rings.